The summed E-state index contributed by atoms with van der Waals surface area (Å²) in [5.41, 5.74) is 3.88. The van der Waals surface area contributed by atoms with E-state index in [-0.39, 0.29) is 23.3 Å². The zero-order chi connectivity index (χ0) is 55.5. The van der Waals surface area contributed by atoms with Gasteiger partial charge in [-0.05, 0) is 83.2 Å². The van der Waals surface area contributed by atoms with Crippen LogP contribution in [0, 0.1) is 17.5 Å². The molecule has 2 aromatic carbocycles. The Morgan fingerprint density at radius 1 is 0.753 bits per heavy atom. The molecule has 0 fully saturated rings. The standard InChI is InChI=1S/C51H71ClF3N8O9P.CH3O2P/c1-39(72-48-46(54)34-42(53)35-47(48)55)12-7-5-3-4-6-9-23-67-27-30-70-26-22-62-38-43(60-61-62)14-8-10-24-68-28-31-71-32-29-69-25-11-13-40-15-17-41(18-16-40)36-56-49-45-37-57-63(50(45)59-51(52)58-49)21-19-44(66-2)20-33-73(64)65;1-4(2)3/h15-18,34-35,37-38,44H,1,3-14,19-33,36H2,2H3,(H-,56,58,59,64,65);1H3/p+2. The number of rotatable bonds is 42. The fourth-order valence-corrected chi connectivity index (χ4v) is 8.34. The van der Waals surface area contributed by atoms with Crippen molar-refractivity contribution in [3.63, 3.8) is 0 Å². The number of aromatic nitrogens is 7. The maximum atomic E-state index is 13.7. The molecule has 426 valence electrons. The van der Waals surface area contributed by atoms with Crippen molar-refractivity contribution in [1.29, 1.82) is 0 Å². The molecule has 3 unspecified atom stereocenters. The monoisotopic (exact) mass is 1140 g/mol. The first-order valence-electron chi connectivity index (χ1n) is 26.1. The average Bonchev–Trinajstić information content (AvgIpc) is 4.04. The van der Waals surface area contributed by atoms with Gasteiger partial charge in [0.25, 0.3) is 0 Å². The van der Waals surface area contributed by atoms with Crippen LogP contribution in [0.15, 0.2) is 61.1 Å². The summed E-state index contributed by atoms with van der Waals surface area (Å²) in [6.45, 7) is 12.3. The Bertz CT molecular complexity index is 2450. The SMILES string of the molecule is C=C(CCCCCCCCOCCOCCn1cc(CCCCOCCOCCOCCCc2ccc(CNc3nc(Cl)nc4c3cnn4CCC(CC[P+](=O)O)OC)cc2)nn1)Oc1c(F)cc(F)cc1F.C[P+](=O)O. The van der Waals surface area contributed by atoms with Gasteiger partial charge >= 0.3 is 16.1 Å². The second kappa shape index (κ2) is 38.9. The number of aryl methyl sites for hydroxylation is 3. The van der Waals surface area contributed by atoms with Crippen molar-refractivity contribution in [3.05, 3.63) is 101 Å². The minimum atomic E-state index is -2.20. The normalized spacial score (nSPS) is 12.2. The average molecular weight is 1140 g/mol. The molecule has 0 aliphatic carbocycles. The topological polar surface area (TPSA) is 226 Å². The molecule has 5 rings (SSSR count). The lowest BCUT2D eigenvalue weighted by Gasteiger charge is -2.13. The number of hydrogen-bond donors (Lipinski definition) is 3. The predicted molar refractivity (Wildman–Crippen MR) is 288 cm³/mol. The first-order chi connectivity index (χ1) is 37.3. The fraction of sp³-hybridized carbons (Fsp3) is 0.596. The number of fused-ring (bicyclic) bond motifs is 1. The first-order valence-corrected chi connectivity index (χ1v) is 29.5. The summed E-state index contributed by atoms with van der Waals surface area (Å²) >= 11 is 6.29. The van der Waals surface area contributed by atoms with Gasteiger partial charge in [0.15, 0.2) is 35.9 Å². The van der Waals surface area contributed by atoms with Crippen LogP contribution in [0.3, 0.4) is 0 Å². The van der Waals surface area contributed by atoms with Crippen LogP contribution < -0.4 is 10.1 Å². The Balaban J connectivity index is 0.00000309. The molecule has 0 amide bonds. The van der Waals surface area contributed by atoms with Crippen LogP contribution in [0.2, 0.25) is 5.28 Å². The summed E-state index contributed by atoms with van der Waals surface area (Å²) in [7, 11) is -2.48. The van der Waals surface area contributed by atoms with Crippen LogP contribution in [0.1, 0.15) is 93.9 Å². The summed E-state index contributed by atoms with van der Waals surface area (Å²) in [6, 6.07) is 9.61. The summed E-state index contributed by atoms with van der Waals surface area (Å²) in [4.78, 5) is 25.5. The van der Waals surface area contributed by atoms with E-state index in [0.29, 0.717) is 129 Å². The quantitative estimate of drug-likeness (QED) is 0.0143. The van der Waals surface area contributed by atoms with Crippen molar-refractivity contribution in [2.75, 3.05) is 91.3 Å². The molecule has 0 radical (unpaired) electrons. The third kappa shape index (κ3) is 28.2. The molecular weight excluding hydrogens is 1070 g/mol. The highest BCUT2D eigenvalue weighted by Gasteiger charge is 2.19. The van der Waals surface area contributed by atoms with Crippen LogP contribution in [0.5, 0.6) is 5.75 Å². The molecule has 25 heteroatoms. The number of allylic oxidation sites excluding steroid dienone is 1. The molecule has 19 nitrogen and oxygen atoms in total. The van der Waals surface area contributed by atoms with Crippen LogP contribution in [0.4, 0.5) is 19.0 Å². The van der Waals surface area contributed by atoms with E-state index >= 15 is 0 Å². The van der Waals surface area contributed by atoms with Crippen molar-refractivity contribution in [3.8, 4) is 5.75 Å². The lowest BCUT2D eigenvalue weighted by molar-refractivity contribution is 0.0136. The van der Waals surface area contributed by atoms with Gasteiger partial charge < -0.3 is 38.5 Å². The van der Waals surface area contributed by atoms with Crippen LogP contribution in [0.25, 0.3) is 11.0 Å². The van der Waals surface area contributed by atoms with Crippen molar-refractivity contribution in [2.45, 2.75) is 116 Å². The molecule has 0 spiro atoms. The minimum Gasteiger partial charge on any atom is -0.456 e. The molecule has 0 aliphatic rings. The van der Waals surface area contributed by atoms with Gasteiger partial charge in [0, 0.05) is 71.2 Å². The van der Waals surface area contributed by atoms with E-state index in [1.165, 1.54) is 12.2 Å². The van der Waals surface area contributed by atoms with Crippen molar-refractivity contribution in [1.82, 2.24) is 34.7 Å². The van der Waals surface area contributed by atoms with Gasteiger partial charge in [-0.1, -0.05) is 61.7 Å². The summed E-state index contributed by atoms with van der Waals surface area (Å²) < 4.78 is 104. The molecular formula is C52H76ClF3N8O11P2+2. The van der Waals surface area contributed by atoms with Crippen LogP contribution >= 0.6 is 27.7 Å². The number of anilines is 1. The second-order valence-corrected chi connectivity index (χ2v) is 20.3. The molecule has 0 saturated heterocycles. The molecule has 0 saturated carbocycles. The second-order valence-electron chi connectivity index (χ2n) is 17.9. The first kappa shape index (κ1) is 65.0. The summed E-state index contributed by atoms with van der Waals surface area (Å²) in [5.74, 6) is -2.93. The summed E-state index contributed by atoms with van der Waals surface area (Å²) in [6.07, 6.45) is 15.6. The highest BCUT2D eigenvalue weighted by atomic mass is 35.5. The van der Waals surface area contributed by atoms with Gasteiger partial charge in [-0.3, -0.25) is 0 Å². The zero-order valence-electron chi connectivity index (χ0n) is 44.3. The fourth-order valence-electron chi connectivity index (χ4n) is 7.67. The van der Waals surface area contributed by atoms with Gasteiger partial charge in [0.05, 0.1) is 81.9 Å². The molecule has 3 atom stereocenters. The third-order valence-electron chi connectivity index (χ3n) is 11.7. The van der Waals surface area contributed by atoms with E-state index in [1.54, 1.807) is 22.7 Å². The summed E-state index contributed by atoms with van der Waals surface area (Å²) in [5, 5.41) is 17.2. The van der Waals surface area contributed by atoms with Gasteiger partial charge in [0.2, 0.25) is 5.28 Å². The van der Waals surface area contributed by atoms with E-state index in [0.717, 1.165) is 87.3 Å². The largest absolute Gasteiger partial charge is 0.505 e. The minimum absolute atomic E-state index is 0.115. The van der Waals surface area contributed by atoms with E-state index in [2.05, 4.69) is 61.5 Å². The molecule has 3 aromatic heterocycles. The highest BCUT2D eigenvalue weighted by molar-refractivity contribution is 7.38. The van der Waals surface area contributed by atoms with E-state index in [9.17, 15) is 17.7 Å². The lowest BCUT2D eigenvalue weighted by Crippen LogP contribution is -2.16. The Labute approximate surface area is 456 Å². The predicted octanol–water partition coefficient (Wildman–Crippen LogP) is 10.3. The number of halogens is 4. The number of benzene rings is 2. The number of unbranched alkanes of at least 4 members (excludes halogenated alkanes) is 6. The zero-order valence-corrected chi connectivity index (χ0v) is 46.9. The van der Waals surface area contributed by atoms with Crippen LogP contribution in [-0.2, 0) is 70.0 Å². The van der Waals surface area contributed by atoms with E-state index < -0.39 is 39.3 Å². The number of nitrogens with one attached hydrogen (secondary N) is 1. The Kier molecular flexibility index (Phi) is 32.8. The Morgan fingerprint density at radius 2 is 1.34 bits per heavy atom. The third-order valence-corrected chi connectivity index (χ3v) is 12.5. The Hall–Kier alpha value is -4.57. The maximum Gasteiger partial charge on any atom is 0.505 e. The molecule has 3 heterocycles. The number of nitrogens with zero attached hydrogens (tertiary/aromatic N) is 7. The molecule has 3 N–H and O–H groups in total. The van der Waals surface area contributed by atoms with Crippen molar-refractivity contribution < 1.29 is 65.2 Å². The maximum absolute atomic E-state index is 13.7. The number of methoxy groups -OCH3 is 1. The van der Waals surface area contributed by atoms with Crippen LogP contribution in [-0.4, -0.2) is 137 Å². The van der Waals surface area contributed by atoms with E-state index in [4.69, 9.17) is 59.1 Å². The van der Waals surface area contributed by atoms with Gasteiger partial charge in [-0.2, -0.15) is 24.9 Å². The Morgan fingerprint density at radius 3 is 1.99 bits per heavy atom. The lowest BCUT2D eigenvalue weighted by atomic mass is 10.1. The highest BCUT2D eigenvalue weighted by Crippen LogP contribution is 2.27. The van der Waals surface area contributed by atoms with Crippen molar-refractivity contribution >= 4 is 44.5 Å². The number of hydrogen-bond acceptors (Lipinski definition) is 15. The van der Waals surface area contributed by atoms with Crippen molar-refractivity contribution in [2.24, 2.45) is 0 Å². The van der Waals surface area contributed by atoms with Gasteiger partial charge in [-0.25, -0.2) is 22.5 Å². The van der Waals surface area contributed by atoms with E-state index in [1.807, 2.05) is 6.20 Å². The molecule has 5 aromatic rings. The number of ether oxygens (including phenoxy) is 7. The molecule has 0 aliphatic heterocycles. The smallest absolute Gasteiger partial charge is 0.456 e. The van der Waals surface area contributed by atoms with Gasteiger partial charge in [-0.15, -0.1) is 5.10 Å². The molecule has 77 heavy (non-hydrogen) atoms. The molecule has 0 bridgehead atoms. The van der Waals surface area contributed by atoms with Gasteiger partial charge in [0.1, 0.15) is 11.6 Å².